The zero-order chi connectivity index (χ0) is 24.0. The number of carbonyl (C=O) groups excluding carboxylic acids is 3. The molecule has 12 heteroatoms. The van der Waals surface area contributed by atoms with Crippen LogP contribution in [0.2, 0.25) is 0 Å². The molecule has 0 spiro atoms. The molecule has 2 aromatic carbocycles. The smallest absolute Gasteiger partial charge is 0.282 e. The van der Waals surface area contributed by atoms with E-state index in [4.69, 9.17) is 17.0 Å². The second-order valence-electron chi connectivity index (χ2n) is 6.55. The second kappa shape index (κ2) is 10.7. The first-order valence-corrected chi connectivity index (χ1v) is 10.8. The van der Waals surface area contributed by atoms with E-state index in [0.717, 1.165) is 22.2 Å². The van der Waals surface area contributed by atoms with Gasteiger partial charge in [-0.1, -0.05) is 48.2 Å². The van der Waals surface area contributed by atoms with Gasteiger partial charge in [0, 0.05) is 6.07 Å². The summed E-state index contributed by atoms with van der Waals surface area (Å²) in [7, 11) is 0. The maximum Gasteiger partial charge on any atom is 0.282 e. The topological polar surface area (TPSA) is 131 Å². The number of hydrazine groups is 1. The number of nitro groups is 1. The van der Waals surface area contributed by atoms with Crippen molar-refractivity contribution in [2.45, 2.75) is 6.92 Å². The number of nitrogens with zero attached hydrogens (tertiary/aromatic N) is 2. The minimum atomic E-state index is -0.864. The van der Waals surface area contributed by atoms with Crippen LogP contribution in [-0.2, 0) is 9.59 Å². The fraction of sp³-hybridized carbons (Fsp3) is 0.143. The summed E-state index contributed by atoms with van der Waals surface area (Å²) in [6.45, 7) is 2.00. The molecule has 1 heterocycles. The Morgan fingerprint density at radius 1 is 1.18 bits per heavy atom. The molecule has 0 unspecified atom stereocenters. The van der Waals surface area contributed by atoms with E-state index in [1.807, 2.05) is 6.92 Å². The van der Waals surface area contributed by atoms with Crippen molar-refractivity contribution in [2.24, 2.45) is 0 Å². The van der Waals surface area contributed by atoms with Gasteiger partial charge in [0.25, 0.3) is 23.4 Å². The summed E-state index contributed by atoms with van der Waals surface area (Å²) in [5.41, 5.74) is 4.39. The van der Waals surface area contributed by atoms with E-state index in [1.54, 1.807) is 30.3 Å². The molecule has 1 aliphatic heterocycles. The van der Waals surface area contributed by atoms with Crippen molar-refractivity contribution in [1.82, 2.24) is 15.8 Å². The molecule has 1 aliphatic rings. The average Bonchev–Trinajstić information content (AvgIpc) is 3.06. The molecular formula is C21H18N4O6S2. The van der Waals surface area contributed by atoms with E-state index in [1.165, 1.54) is 24.3 Å². The summed E-state index contributed by atoms with van der Waals surface area (Å²) in [5, 5.41) is 11.0. The van der Waals surface area contributed by atoms with Gasteiger partial charge < -0.3 is 4.74 Å². The predicted molar refractivity (Wildman–Crippen MR) is 126 cm³/mol. The largest absolute Gasteiger partial charge is 0.494 e. The van der Waals surface area contributed by atoms with Crippen molar-refractivity contribution >= 4 is 57.8 Å². The molecule has 0 atom stereocenters. The summed E-state index contributed by atoms with van der Waals surface area (Å²) in [6, 6.07) is 12.5. The van der Waals surface area contributed by atoms with Crippen LogP contribution in [0.4, 0.5) is 5.69 Å². The van der Waals surface area contributed by atoms with Crippen molar-refractivity contribution in [3.63, 3.8) is 0 Å². The first kappa shape index (κ1) is 23.9. The average molecular weight is 487 g/mol. The highest BCUT2D eigenvalue weighted by molar-refractivity contribution is 8.26. The van der Waals surface area contributed by atoms with Gasteiger partial charge in [-0.05, 0) is 36.8 Å². The van der Waals surface area contributed by atoms with Crippen LogP contribution >= 0.6 is 24.0 Å². The molecule has 0 bridgehead atoms. The van der Waals surface area contributed by atoms with Crippen molar-refractivity contribution in [1.29, 1.82) is 0 Å². The van der Waals surface area contributed by atoms with E-state index in [0.29, 0.717) is 17.3 Å². The lowest BCUT2D eigenvalue weighted by atomic mass is 10.2. The molecule has 2 aromatic rings. The summed E-state index contributed by atoms with van der Waals surface area (Å²) in [6.07, 6.45) is 1.66. The number of para-hydroxylation sites is 1. The number of ether oxygens (including phenoxy) is 1. The molecule has 0 aliphatic carbocycles. The Hall–Kier alpha value is -3.77. The number of thioether (sulfide) groups is 1. The van der Waals surface area contributed by atoms with Gasteiger partial charge in [0.15, 0.2) is 0 Å². The van der Waals surface area contributed by atoms with Gasteiger partial charge in [-0.3, -0.25) is 40.2 Å². The van der Waals surface area contributed by atoms with Crippen LogP contribution in [0.15, 0.2) is 53.4 Å². The fourth-order valence-corrected chi connectivity index (χ4v) is 4.07. The third kappa shape index (κ3) is 5.93. The van der Waals surface area contributed by atoms with Crippen molar-refractivity contribution in [3.05, 3.63) is 74.7 Å². The SMILES string of the molecule is CCOc1ccc(/C=C2\SC(=S)N(CC(=O)NNC(=O)c3ccccc3[N+](=O)[O-])C2=O)cc1. The summed E-state index contributed by atoms with van der Waals surface area (Å²) >= 11 is 6.26. The van der Waals surface area contributed by atoms with Gasteiger partial charge in [-0.15, -0.1) is 0 Å². The molecule has 3 rings (SSSR count). The van der Waals surface area contributed by atoms with Crippen LogP contribution < -0.4 is 15.6 Å². The maximum absolute atomic E-state index is 12.7. The Balaban J connectivity index is 1.60. The molecular weight excluding hydrogens is 468 g/mol. The minimum absolute atomic E-state index is 0.192. The molecule has 33 heavy (non-hydrogen) atoms. The summed E-state index contributed by atoms with van der Waals surface area (Å²) in [4.78, 5) is 48.9. The number of carbonyl (C=O) groups is 3. The molecule has 0 aromatic heterocycles. The van der Waals surface area contributed by atoms with Crippen LogP contribution in [0.3, 0.4) is 0 Å². The second-order valence-corrected chi connectivity index (χ2v) is 8.22. The van der Waals surface area contributed by atoms with Gasteiger partial charge in [-0.25, -0.2) is 0 Å². The fourth-order valence-electron chi connectivity index (χ4n) is 2.82. The Morgan fingerprint density at radius 3 is 2.55 bits per heavy atom. The molecule has 1 saturated heterocycles. The zero-order valence-electron chi connectivity index (χ0n) is 17.3. The number of nitrogens with one attached hydrogen (secondary N) is 2. The summed E-state index contributed by atoms with van der Waals surface area (Å²) in [5.74, 6) is -1.32. The maximum atomic E-state index is 12.7. The van der Waals surface area contributed by atoms with Gasteiger partial charge >= 0.3 is 0 Å². The van der Waals surface area contributed by atoms with E-state index >= 15 is 0 Å². The normalized spacial score (nSPS) is 14.3. The molecule has 10 nitrogen and oxygen atoms in total. The highest BCUT2D eigenvalue weighted by Crippen LogP contribution is 2.32. The van der Waals surface area contributed by atoms with Crippen LogP contribution in [0, 0.1) is 10.1 Å². The third-order valence-electron chi connectivity index (χ3n) is 4.32. The van der Waals surface area contributed by atoms with E-state index in [2.05, 4.69) is 10.9 Å². The van der Waals surface area contributed by atoms with Crippen molar-refractivity contribution in [3.8, 4) is 5.75 Å². The third-order valence-corrected chi connectivity index (χ3v) is 5.70. The lowest BCUT2D eigenvalue weighted by Gasteiger charge is -2.14. The number of amides is 3. The quantitative estimate of drug-likeness (QED) is 0.264. The minimum Gasteiger partial charge on any atom is -0.494 e. The molecule has 0 radical (unpaired) electrons. The molecule has 0 saturated carbocycles. The standard InChI is InChI=1S/C21H18N4O6S2/c1-2-31-14-9-7-13(8-10-14)11-17-20(28)24(21(32)33-17)12-18(26)22-23-19(27)15-5-3-4-6-16(15)25(29)30/h3-11H,2,12H2,1H3,(H,22,26)(H,23,27)/b17-11-. The Labute approximate surface area is 198 Å². The van der Waals surface area contributed by atoms with Crippen LogP contribution in [0.5, 0.6) is 5.75 Å². The Morgan fingerprint density at radius 2 is 1.88 bits per heavy atom. The van der Waals surface area contributed by atoms with E-state index in [-0.39, 0.29) is 9.88 Å². The Bertz CT molecular complexity index is 1150. The van der Waals surface area contributed by atoms with Gasteiger partial charge in [0.2, 0.25) is 0 Å². The number of thiocarbonyl (C=S) groups is 1. The lowest BCUT2D eigenvalue weighted by Crippen LogP contribution is -2.47. The zero-order valence-corrected chi connectivity index (χ0v) is 18.9. The number of nitro benzene ring substituents is 1. The molecule has 170 valence electrons. The Kier molecular flexibility index (Phi) is 7.74. The van der Waals surface area contributed by atoms with Gasteiger partial charge in [0.05, 0.1) is 16.4 Å². The first-order valence-electron chi connectivity index (χ1n) is 9.61. The van der Waals surface area contributed by atoms with E-state index < -0.39 is 34.9 Å². The monoisotopic (exact) mass is 486 g/mol. The number of hydrogen-bond acceptors (Lipinski definition) is 8. The number of benzene rings is 2. The van der Waals surface area contributed by atoms with Gasteiger partial charge in [0.1, 0.15) is 22.2 Å². The van der Waals surface area contributed by atoms with Gasteiger partial charge in [-0.2, -0.15) is 0 Å². The van der Waals surface area contributed by atoms with Crippen molar-refractivity contribution in [2.75, 3.05) is 13.2 Å². The molecule has 1 fully saturated rings. The molecule has 3 amide bonds. The van der Waals surface area contributed by atoms with E-state index in [9.17, 15) is 24.5 Å². The predicted octanol–water partition coefficient (Wildman–Crippen LogP) is 2.66. The van der Waals surface area contributed by atoms with Crippen molar-refractivity contribution < 1.29 is 24.0 Å². The van der Waals surface area contributed by atoms with Crippen LogP contribution in [0.1, 0.15) is 22.8 Å². The molecule has 2 N–H and O–H groups in total. The summed E-state index contributed by atoms with van der Waals surface area (Å²) < 4.78 is 5.58. The van der Waals surface area contributed by atoms with Crippen LogP contribution in [-0.4, -0.2) is 45.0 Å². The highest BCUT2D eigenvalue weighted by atomic mass is 32.2. The number of rotatable bonds is 7. The lowest BCUT2D eigenvalue weighted by molar-refractivity contribution is -0.385. The highest BCUT2D eigenvalue weighted by Gasteiger charge is 2.33. The van der Waals surface area contributed by atoms with Crippen LogP contribution in [0.25, 0.3) is 6.08 Å². The first-order chi connectivity index (χ1) is 15.8. The number of hydrogen-bond donors (Lipinski definition) is 2.